The number of aryl methyl sites for hydroxylation is 1. The molecular weight excluding hydrogens is 322 g/mol. The molecule has 4 rings (SSSR count). The number of thiophene rings is 1. The average Bonchev–Trinajstić information content (AvgIpc) is 2.99. The highest BCUT2D eigenvalue weighted by molar-refractivity contribution is 7.17. The molecule has 3 aromatic heterocycles. The molecule has 0 bridgehead atoms. The molecule has 3 aromatic rings. The van der Waals surface area contributed by atoms with Gasteiger partial charge in [0, 0.05) is 32.0 Å². The van der Waals surface area contributed by atoms with E-state index in [0.29, 0.717) is 18.2 Å². The number of anilines is 1. The van der Waals surface area contributed by atoms with Gasteiger partial charge in [0.1, 0.15) is 0 Å². The van der Waals surface area contributed by atoms with Crippen LogP contribution in [0.2, 0.25) is 0 Å². The molecule has 1 fully saturated rings. The summed E-state index contributed by atoms with van der Waals surface area (Å²) < 4.78 is 0.856. The Hall–Kier alpha value is -2.54. The molecule has 1 amide bonds. The van der Waals surface area contributed by atoms with Gasteiger partial charge in [-0.3, -0.25) is 9.78 Å². The number of carbonyl (C=O) groups excluding carboxylic acids is 1. The second-order valence-electron chi connectivity index (χ2n) is 5.90. The second kappa shape index (κ2) is 6.16. The largest absolute Gasteiger partial charge is 0.350 e. The third-order valence-corrected chi connectivity index (χ3v) is 4.94. The van der Waals surface area contributed by atoms with E-state index in [1.54, 1.807) is 0 Å². The summed E-state index contributed by atoms with van der Waals surface area (Å²) in [6.45, 7) is 4.21. The Balaban J connectivity index is 1.62. The molecule has 0 spiro atoms. The van der Waals surface area contributed by atoms with Crippen molar-refractivity contribution in [2.45, 2.75) is 19.9 Å². The lowest BCUT2D eigenvalue weighted by atomic mass is 10.2. The fraction of sp³-hybridized carbons (Fsp3) is 0.294. The molecule has 1 aliphatic rings. The number of aromatic nitrogens is 3. The Bertz CT molecular complexity index is 903. The van der Waals surface area contributed by atoms with Gasteiger partial charge in [-0.05, 0) is 35.9 Å². The van der Waals surface area contributed by atoms with Crippen molar-refractivity contribution in [3.63, 3.8) is 0 Å². The number of hydrogen-bond donors (Lipinski definition) is 1. The lowest BCUT2D eigenvalue weighted by Gasteiger charge is -2.30. The first-order valence-corrected chi connectivity index (χ1v) is 8.77. The van der Waals surface area contributed by atoms with E-state index in [9.17, 15) is 4.79 Å². The van der Waals surface area contributed by atoms with Gasteiger partial charge in [-0.2, -0.15) is 0 Å². The summed E-state index contributed by atoms with van der Waals surface area (Å²) in [6.07, 6.45) is 4.70. The summed E-state index contributed by atoms with van der Waals surface area (Å²) in [4.78, 5) is 27.6. The molecule has 7 heteroatoms. The quantitative estimate of drug-likeness (QED) is 0.791. The minimum absolute atomic E-state index is 0.00336. The Morgan fingerprint density at radius 1 is 1.33 bits per heavy atom. The van der Waals surface area contributed by atoms with Crippen LogP contribution in [0.4, 0.5) is 5.95 Å². The van der Waals surface area contributed by atoms with Crippen molar-refractivity contribution in [1.82, 2.24) is 19.9 Å². The standard InChI is InChI=1S/C17H17N5OS/c1-11-7-12(9-18-8-11)10-19-17-20-13-3-6-24-15(13)14(21-17)16(23)22-4-2-5-22/h3,6-9H,2,4-5,10H2,1H3,(H,19,20,21). The van der Waals surface area contributed by atoms with E-state index in [-0.39, 0.29) is 5.91 Å². The second-order valence-corrected chi connectivity index (χ2v) is 6.82. The lowest BCUT2D eigenvalue weighted by molar-refractivity contribution is 0.0648. The summed E-state index contributed by atoms with van der Waals surface area (Å²) in [6, 6.07) is 3.99. The normalized spacial score (nSPS) is 13.8. The number of likely N-dealkylation sites (tertiary alicyclic amines) is 1. The number of nitrogens with one attached hydrogen (secondary N) is 1. The van der Waals surface area contributed by atoms with E-state index in [0.717, 1.165) is 40.9 Å². The minimum Gasteiger partial charge on any atom is -0.350 e. The van der Waals surface area contributed by atoms with Gasteiger partial charge in [0.15, 0.2) is 5.69 Å². The molecule has 1 saturated heterocycles. The molecule has 4 heterocycles. The zero-order valence-corrected chi connectivity index (χ0v) is 14.1. The van der Waals surface area contributed by atoms with Gasteiger partial charge in [0.2, 0.25) is 5.95 Å². The van der Waals surface area contributed by atoms with Crippen LogP contribution in [0.3, 0.4) is 0 Å². The number of carbonyl (C=O) groups is 1. The number of amides is 1. The topological polar surface area (TPSA) is 71.0 Å². The van der Waals surface area contributed by atoms with E-state index in [1.165, 1.54) is 11.3 Å². The summed E-state index contributed by atoms with van der Waals surface area (Å²) >= 11 is 1.51. The maximum atomic E-state index is 12.6. The van der Waals surface area contributed by atoms with Crippen molar-refractivity contribution in [2.24, 2.45) is 0 Å². The summed E-state index contributed by atoms with van der Waals surface area (Å²) in [5, 5.41) is 5.16. The Kier molecular flexibility index (Phi) is 3.86. The molecule has 24 heavy (non-hydrogen) atoms. The van der Waals surface area contributed by atoms with Crippen LogP contribution >= 0.6 is 11.3 Å². The first-order valence-electron chi connectivity index (χ1n) is 7.89. The summed E-state index contributed by atoms with van der Waals surface area (Å²) in [5.41, 5.74) is 3.47. The smallest absolute Gasteiger partial charge is 0.274 e. The molecule has 1 N–H and O–H groups in total. The van der Waals surface area contributed by atoms with Gasteiger partial charge >= 0.3 is 0 Å². The van der Waals surface area contributed by atoms with Crippen molar-refractivity contribution in [3.8, 4) is 0 Å². The number of hydrogen-bond acceptors (Lipinski definition) is 6. The third kappa shape index (κ3) is 2.82. The lowest BCUT2D eigenvalue weighted by Crippen LogP contribution is -2.42. The van der Waals surface area contributed by atoms with Crippen molar-refractivity contribution in [1.29, 1.82) is 0 Å². The monoisotopic (exact) mass is 339 g/mol. The predicted molar refractivity (Wildman–Crippen MR) is 94.2 cm³/mol. The third-order valence-electron chi connectivity index (χ3n) is 4.03. The SMILES string of the molecule is Cc1cncc(CNc2nc(C(=O)N3CCC3)c3sccc3n2)c1. The highest BCUT2D eigenvalue weighted by Crippen LogP contribution is 2.26. The maximum absolute atomic E-state index is 12.6. The van der Waals surface area contributed by atoms with Gasteiger partial charge < -0.3 is 10.2 Å². The molecule has 0 atom stereocenters. The molecule has 122 valence electrons. The molecule has 6 nitrogen and oxygen atoms in total. The van der Waals surface area contributed by atoms with Crippen LogP contribution in [0, 0.1) is 6.92 Å². The average molecular weight is 339 g/mol. The number of pyridine rings is 1. The van der Waals surface area contributed by atoms with E-state index < -0.39 is 0 Å². The Morgan fingerprint density at radius 3 is 2.96 bits per heavy atom. The van der Waals surface area contributed by atoms with Gasteiger partial charge in [-0.15, -0.1) is 11.3 Å². The maximum Gasteiger partial charge on any atom is 0.274 e. The van der Waals surface area contributed by atoms with Gasteiger partial charge in [0.25, 0.3) is 5.91 Å². The van der Waals surface area contributed by atoms with E-state index in [2.05, 4.69) is 26.3 Å². The molecule has 0 unspecified atom stereocenters. The molecule has 1 aliphatic heterocycles. The summed E-state index contributed by atoms with van der Waals surface area (Å²) in [7, 11) is 0. The highest BCUT2D eigenvalue weighted by Gasteiger charge is 2.25. The van der Waals surface area contributed by atoms with Crippen LogP contribution in [0.1, 0.15) is 28.0 Å². The summed E-state index contributed by atoms with van der Waals surface area (Å²) in [5.74, 6) is 0.475. The van der Waals surface area contributed by atoms with Crippen LogP contribution < -0.4 is 5.32 Å². The Morgan fingerprint density at radius 2 is 2.21 bits per heavy atom. The zero-order chi connectivity index (χ0) is 16.5. The van der Waals surface area contributed by atoms with Crippen LogP contribution in [-0.4, -0.2) is 38.8 Å². The first-order chi connectivity index (χ1) is 11.7. The molecule has 0 saturated carbocycles. The fourth-order valence-corrected chi connectivity index (χ4v) is 3.46. The van der Waals surface area contributed by atoms with Gasteiger partial charge in [-0.1, -0.05) is 6.07 Å². The number of rotatable bonds is 4. The zero-order valence-electron chi connectivity index (χ0n) is 13.3. The fourth-order valence-electron chi connectivity index (χ4n) is 2.65. The minimum atomic E-state index is -0.00336. The highest BCUT2D eigenvalue weighted by atomic mass is 32.1. The molecular formula is C17H17N5OS. The van der Waals surface area contributed by atoms with Crippen molar-refractivity contribution < 1.29 is 4.79 Å². The van der Waals surface area contributed by atoms with Gasteiger partial charge in [0.05, 0.1) is 10.2 Å². The predicted octanol–water partition coefficient (Wildman–Crippen LogP) is 2.85. The van der Waals surface area contributed by atoms with E-state index in [4.69, 9.17) is 0 Å². The number of fused-ring (bicyclic) bond motifs is 1. The van der Waals surface area contributed by atoms with E-state index in [1.807, 2.05) is 35.7 Å². The van der Waals surface area contributed by atoms with Crippen LogP contribution in [0.25, 0.3) is 10.2 Å². The van der Waals surface area contributed by atoms with Crippen molar-refractivity contribution in [3.05, 3.63) is 46.7 Å². The molecule has 0 aromatic carbocycles. The van der Waals surface area contributed by atoms with Crippen LogP contribution in [-0.2, 0) is 6.54 Å². The molecule has 0 aliphatic carbocycles. The van der Waals surface area contributed by atoms with E-state index >= 15 is 0 Å². The molecule has 0 radical (unpaired) electrons. The van der Waals surface area contributed by atoms with Crippen molar-refractivity contribution in [2.75, 3.05) is 18.4 Å². The van der Waals surface area contributed by atoms with Gasteiger partial charge in [-0.25, -0.2) is 9.97 Å². The first kappa shape index (κ1) is 15.0. The van der Waals surface area contributed by atoms with Crippen LogP contribution in [0.15, 0.2) is 29.9 Å². The van der Waals surface area contributed by atoms with Crippen molar-refractivity contribution >= 4 is 33.4 Å². The Labute approximate surface area is 143 Å². The van der Waals surface area contributed by atoms with Crippen LogP contribution in [0.5, 0.6) is 0 Å². The number of nitrogens with zero attached hydrogens (tertiary/aromatic N) is 4.